The summed E-state index contributed by atoms with van der Waals surface area (Å²) in [7, 11) is 1.86. The lowest BCUT2D eigenvalue weighted by molar-refractivity contribution is 0.199. The number of rotatable bonds is 3. The molecule has 0 bridgehead atoms. The second-order valence-electron chi connectivity index (χ2n) is 3.51. The minimum Gasteiger partial charge on any atom is -0.389 e. The summed E-state index contributed by atoms with van der Waals surface area (Å²) in [5.41, 5.74) is 0.919. The molecule has 4 nitrogen and oxygen atoms in total. The molecule has 0 aliphatic rings. The SMILES string of the molecule is C[C@H](O)c1ccc(Sc2ncnn2C)cc1. The van der Waals surface area contributed by atoms with Gasteiger partial charge < -0.3 is 5.11 Å². The minimum absolute atomic E-state index is 0.422. The van der Waals surface area contributed by atoms with Crippen LogP contribution >= 0.6 is 11.8 Å². The van der Waals surface area contributed by atoms with Gasteiger partial charge in [0, 0.05) is 11.9 Å². The second-order valence-corrected chi connectivity index (χ2v) is 4.55. The van der Waals surface area contributed by atoms with E-state index in [-0.39, 0.29) is 0 Å². The Morgan fingerprint density at radius 1 is 1.31 bits per heavy atom. The van der Waals surface area contributed by atoms with Crippen LogP contribution in [0.15, 0.2) is 40.6 Å². The molecule has 0 fully saturated rings. The Hall–Kier alpha value is -1.33. The normalized spacial score (nSPS) is 12.7. The molecule has 2 rings (SSSR count). The standard InChI is InChI=1S/C11H13N3OS/c1-8(15)9-3-5-10(6-4-9)16-11-12-7-13-14(11)2/h3-8,15H,1-2H3/t8-/m0/s1. The van der Waals surface area contributed by atoms with Crippen LogP contribution in [0.3, 0.4) is 0 Å². The molecule has 84 valence electrons. The van der Waals surface area contributed by atoms with Crippen molar-refractivity contribution >= 4 is 11.8 Å². The first-order valence-electron chi connectivity index (χ1n) is 4.96. The predicted molar refractivity (Wildman–Crippen MR) is 62.2 cm³/mol. The van der Waals surface area contributed by atoms with E-state index in [1.54, 1.807) is 23.4 Å². The quantitative estimate of drug-likeness (QED) is 0.884. The molecule has 16 heavy (non-hydrogen) atoms. The molecule has 0 unspecified atom stereocenters. The van der Waals surface area contributed by atoms with Gasteiger partial charge >= 0.3 is 0 Å². The summed E-state index contributed by atoms with van der Waals surface area (Å²) in [5.74, 6) is 0. The fourth-order valence-electron chi connectivity index (χ4n) is 1.30. The summed E-state index contributed by atoms with van der Waals surface area (Å²) in [6.07, 6.45) is 1.11. The molecular weight excluding hydrogens is 222 g/mol. The number of hydrogen-bond acceptors (Lipinski definition) is 4. The van der Waals surface area contributed by atoms with Gasteiger partial charge in [-0.05, 0) is 24.6 Å². The van der Waals surface area contributed by atoms with Crippen LogP contribution < -0.4 is 0 Å². The first-order chi connectivity index (χ1) is 7.66. The van der Waals surface area contributed by atoms with Crippen molar-refractivity contribution in [3.63, 3.8) is 0 Å². The lowest BCUT2D eigenvalue weighted by Gasteiger charge is -2.05. The molecule has 0 radical (unpaired) electrons. The fourth-order valence-corrected chi connectivity index (χ4v) is 2.06. The van der Waals surface area contributed by atoms with Crippen molar-refractivity contribution in [2.24, 2.45) is 7.05 Å². The molecule has 0 spiro atoms. The number of hydrogen-bond donors (Lipinski definition) is 1. The van der Waals surface area contributed by atoms with Crippen LogP contribution in [0.25, 0.3) is 0 Å². The van der Waals surface area contributed by atoms with E-state index in [9.17, 15) is 5.11 Å². The smallest absolute Gasteiger partial charge is 0.190 e. The van der Waals surface area contributed by atoms with Gasteiger partial charge in [0.2, 0.25) is 0 Å². The van der Waals surface area contributed by atoms with E-state index in [0.717, 1.165) is 15.6 Å². The van der Waals surface area contributed by atoms with Crippen LogP contribution in [0.4, 0.5) is 0 Å². The molecule has 1 aromatic heterocycles. The van der Waals surface area contributed by atoms with E-state index >= 15 is 0 Å². The molecule has 0 saturated carbocycles. The molecule has 1 aromatic carbocycles. The summed E-state index contributed by atoms with van der Waals surface area (Å²) in [6.45, 7) is 1.75. The van der Waals surface area contributed by atoms with Crippen molar-refractivity contribution in [1.29, 1.82) is 0 Å². The highest BCUT2D eigenvalue weighted by molar-refractivity contribution is 7.99. The summed E-state index contributed by atoms with van der Waals surface area (Å²) >= 11 is 1.55. The third-order valence-electron chi connectivity index (χ3n) is 2.24. The van der Waals surface area contributed by atoms with Crippen molar-refractivity contribution in [1.82, 2.24) is 14.8 Å². The summed E-state index contributed by atoms with van der Waals surface area (Å²) in [5, 5.41) is 14.2. The molecule has 1 atom stereocenters. The van der Waals surface area contributed by atoms with Gasteiger partial charge in [0.25, 0.3) is 0 Å². The van der Waals surface area contributed by atoms with E-state index in [1.165, 1.54) is 6.33 Å². The summed E-state index contributed by atoms with van der Waals surface area (Å²) < 4.78 is 1.73. The van der Waals surface area contributed by atoms with Crippen molar-refractivity contribution in [2.75, 3.05) is 0 Å². The molecule has 1 N–H and O–H groups in total. The Bertz CT molecular complexity index is 464. The Balaban J connectivity index is 2.14. The maximum atomic E-state index is 9.38. The molecule has 2 aromatic rings. The zero-order valence-electron chi connectivity index (χ0n) is 9.16. The average Bonchev–Trinajstić information content (AvgIpc) is 2.65. The van der Waals surface area contributed by atoms with Crippen LogP contribution in [0.5, 0.6) is 0 Å². The van der Waals surface area contributed by atoms with Gasteiger partial charge in [-0.25, -0.2) is 9.67 Å². The van der Waals surface area contributed by atoms with Gasteiger partial charge in [-0.15, -0.1) is 0 Å². The Kier molecular flexibility index (Phi) is 3.26. The molecule has 1 heterocycles. The maximum Gasteiger partial charge on any atom is 0.190 e. The highest BCUT2D eigenvalue weighted by Crippen LogP contribution is 2.26. The summed E-state index contributed by atoms with van der Waals surface area (Å²) in [4.78, 5) is 5.22. The molecule has 0 aliphatic carbocycles. The Morgan fingerprint density at radius 3 is 2.50 bits per heavy atom. The number of benzene rings is 1. The van der Waals surface area contributed by atoms with Crippen LogP contribution in [0, 0.1) is 0 Å². The van der Waals surface area contributed by atoms with Gasteiger partial charge in [0.05, 0.1) is 6.10 Å². The molecule has 0 aliphatic heterocycles. The van der Waals surface area contributed by atoms with E-state index in [0.29, 0.717) is 0 Å². The highest BCUT2D eigenvalue weighted by atomic mass is 32.2. The molecular formula is C11H13N3OS. The number of aliphatic hydroxyl groups excluding tert-OH is 1. The number of aromatic nitrogens is 3. The molecule has 0 saturated heterocycles. The highest BCUT2D eigenvalue weighted by Gasteiger charge is 2.04. The van der Waals surface area contributed by atoms with E-state index in [1.807, 2.05) is 31.3 Å². The van der Waals surface area contributed by atoms with Crippen LogP contribution in [-0.4, -0.2) is 19.9 Å². The van der Waals surface area contributed by atoms with Gasteiger partial charge in [-0.2, -0.15) is 5.10 Å². The monoisotopic (exact) mass is 235 g/mol. The van der Waals surface area contributed by atoms with Crippen LogP contribution in [-0.2, 0) is 7.05 Å². The number of aliphatic hydroxyl groups is 1. The average molecular weight is 235 g/mol. The second kappa shape index (κ2) is 4.67. The maximum absolute atomic E-state index is 9.38. The van der Waals surface area contributed by atoms with Gasteiger partial charge in [0.15, 0.2) is 5.16 Å². The lowest BCUT2D eigenvalue weighted by Crippen LogP contribution is -1.93. The zero-order chi connectivity index (χ0) is 11.5. The number of aryl methyl sites for hydroxylation is 1. The van der Waals surface area contributed by atoms with Crippen molar-refractivity contribution < 1.29 is 5.11 Å². The van der Waals surface area contributed by atoms with Crippen molar-refractivity contribution in [3.8, 4) is 0 Å². The minimum atomic E-state index is -0.422. The topological polar surface area (TPSA) is 50.9 Å². The van der Waals surface area contributed by atoms with Gasteiger partial charge in [0.1, 0.15) is 6.33 Å². The first kappa shape index (κ1) is 11.2. The van der Waals surface area contributed by atoms with Gasteiger partial charge in [-0.3, -0.25) is 0 Å². The van der Waals surface area contributed by atoms with E-state index in [2.05, 4.69) is 10.1 Å². The van der Waals surface area contributed by atoms with Crippen LogP contribution in [0.1, 0.15) is 18.6 Å². The zero-order valence-corrected chi connectivity index (χ0v) is 9.98. The summed E-state index contributed by atoms with van der Waals surface area (Å²) in [6, 6.07) is 7.79. The van der Waals surface area contributed by atoms with Crippen molar-refractivity contribution in [3.05, 3.63) is 36.2 Å². The first-order valence-corrected chi connectivity index (χ1v) is 5.78. The third kappa shape index (κ3) is 2.43. The van der Waals surface area contributed by atoms with E-state index in [4.69, 9.17) is 0 Å². The molecule has 5 heteroatoms. The fraction of sp³-hybridized carbons (Fsp3) is 0.273. The van der Waals surface area contributed by atoms with Crippen LogP contribution in [0.2, 0.25) is 0 Å². The lowest BCUT2D eigenvalue weighted by atomic mass is 10.1. The van der Waals surface area contributed by atoms with Gasteiger partial charge in [-0.1, -0.05) is 23.9 Å². The molecule has 0 amide bonds. The predicted octanol–water partition coefficient (Wildman–Crippen LogP) is 2.02. The Labute approximate surface area is 98.3 Å². The number of nitrogens with zero attached hydrogens (tertiary/aromatic N) is 3. The van der Waals surface area contributed by atoms with E-state index < -0.39 is 6.10 Å². The third-order valence-corrected chi connectivity index (χ3v) is 3.30. The Morgan fingerprint density at radius 2 is 2.00 bits per heavy atom. The largest absolute Gasteiger partial charge is 0.389 e. The van der Waals surface area contributed by atoms with Crippen molar-refractivity contribution in [2.45, 2.75) is 23.1 Å².